The summed E-state index contributed by atoms with van der Waals surface area (Å²) in [5, 5.41) is 2.25. The van der Waals surface area contributed by atoms with E-state index in [0.717, 1.165) is 6.07 Å². The Morgan fingerprint density at radius 2 is 1.95 bits per heavy atom. The first-order valence-corrected chi connectivity index (χ1v) is 6.00. The second-order valence-corrected chi connectivity index (χ2v) is 4.44. The van der Waals surface area contributed by atoms with Crippen molar-refractivity contribution in [1.82, 2.24) is 0 Å². The summed E-state index contributed by atoms with van der Waals surface area (Å²) in [6, 6.07) is 4.01. The molecule has 1 aromatic rings. The summed E-state index contributed by atoms with van der Waals surface area (Å²) >= 11 is 0. The maximum atomic E-state index is 12.7. The van der Waals surface area contributed by atoms with Crippen molar-refractivity contribution in [3.63, 3.8) is 0 Å². The first-order chi connectivity index (χ1) is 8.77. The zero-order valence-electron chi connectivity index (χ0n) is 10.8. The predicted octanol–water partition coefficient (Wildman–Crippen LogP) is 3.02. The number of para-hydroxylation sites is 1. The average molecular weight is 274 g/mol. The highest BCUT2D eigenvalue weighted by atomic mass is 19.4. The van der Waals surface area contributed by atoms with Gasteiger partial charge >= 0.3 is 6.18 Å². The van der Waals surface area contributed by atoms with Crippen LogP contribution in [0.25, 0.3) is 0 Å². The van der Waals surface area contributed by atoms with Gasteiger partial charge in [0, 0.05) is 0 Å². The molecule has 3 nitrogen and oxygen atoms in total. The molecule has 0 aliphatic carbocycles. The molecule has 3 N–H and O–H groups in total. The van der Waals surface area contributed by atoms with Gasteiger partial charge in [-0.2, -0.15) is 13.2 Å². The molecule has 19 heavy (non-hydrogen) atoms. The molecular formula is C13H17F3N2O. The molecule has 1 unspecified atom stereocenters. The van der Waals surface area contributed by atoms with Crippen molar-refractivity contribution in [3.05, 3.63) is 29.8 Å². The van der Waals surface area contributed by atoms with E-state index < -0.39 is 23.7 Å². The van der Waals surface area contributed by atoms with Crippen LogP contribution in [0.15, 0.2) is 24.3 Å². The fourth-order valence-electron chi connectivity index (χ4n) is 1.57. The second kappa shape index (κ2) is 6.06. The van der Waals surface area contributed by atoms with Crippen molar-refractivity contribution in [2.24, 2.45) is 11.7 Å². The summed E-state index contributed by atoms with van der Waals surface area (Å²) in [4.78, 5) is 11.8. The van der Waals surface area contributed by atoms with Crippen molar-refractivity contribution >= 4 is 11.6 Å². The van der Waals surface area contributed by atoms with Crippen molar-refractivity contribution in [2.45, 2.75) is 32.5 Å². The highest BCUT2D eigenvalue weighted by Crippen LogP contribution is 2.34. The van der Waals surface area contributed by atoms with Gasteiger partial charge in [0.25, 0.3) is 0 Å². The van der Waals surface area contributed by atoms with Gasteiger partial charge in [0.2, 0.25) is 5.91 Å². The summed E-state index contributed by atoms with van der Waals surface area (Å²) in [7, 11) is 0. The summed E-state index contributed by atoms with van der Waals surface area (Å²) in [6.45, 7) is 3.64. The molecule has 0 fully saturated rings. The van der Waals surface area contributed by atoms with E-state index in [4.69, 9.17) is 5.73 Å². The Balaban J connectivity index is 2.92. The average Bonchev–Trinajstić information content (AvgIpc) is 2.36. The monoisotopic (exact) mass is 274 g/mol. The third-order valence-electron chi connectivity index (χ3n) is 3.05. The Morgan fingerprint density at radius 1 is 1.37 bits per heavy atom. The number of hydrogen-bond donors (Lipinski definition) is 2. The standard InChI is InChI=1S/C13H17F3N2O/c1-3-8(2)11(17)12(19)18-10-7-5-4-6-9(10)13(14,15)16/h4-8,11H,3,17H2,1-2H3,(H,18,19)/t8?,11-/m1/s1. The SMILES string of the molecule is CCC(C)[C@@H](N)C(=O)Nc1ccccc1C(F)(F)F. The van der Waals surface area contributed by atoms with Gasteiger partial charge in [0.05, 0.1) is 17.3 Å². The third kappa shape index (κ3) is 3.96. The van der Waals surface area contributed by atoms with Gasteiger partial charge in [-0.05, 0) is 18.1 Å². The van der Waals surface area contributed by atoms with Gasteiger partial charge in [-0.15, -0.1) is 0 Å². The lowest BCUT2D eigenvalue weighted by molar-refractivity contribution is -0.137. The highest BCUT2D eigenvalue weighted by molar-refractivity contribution is 5.95. The molecule has 1 aromatic carbocycles. The van der Waals surface area contributed by atoms with E-state index in [1.165, 1.54) is 18.2 Å². The molecule has 0 bridgehead atoms. The fraction of sp³-hybridized carbons (Fsp3) is 0.462. The third-order valence-corrected chi connectivity index (χ3v) is 3.05. The Labute approximate surface area is 110 Å². The molecule has 106 valence electrons. The zero-order chi connectivity index (χ0) is 14.6. The number of nitrogens with one attached hydrogen (secondary N) is 1. The number of hydrogen-bond acceptors (Lipinski definition) is 2. The lowest BCUT2D eigenvalue weighted by Gasteiger charge is -2.19. The fourth-order valence-corrected chi connectivity index (χ4v) is 1.57. The second-order valence-electron chi connectivity index (χ2n) is 4.44. The minimum atomic E-state index is -4.51. The van der Waals surface area contributed by atoms with E-state index in [0.29, 0.717) is 6.42 Å². The lowest BCUT2D eigenvalue weighted by Crippen LogP contribution is -2.40. The van der Waals surface area contributed by atoms with Crippen LogP contribution in [0, 0.1) is 5.92 Å². The number of amides is 1. The molecule has 0 saturated carbocycles. The molecule has 0 spiro atoms. The van der Waals surface area contributed by atoms with E-state index in [2.05, 4.69) is 5.32 Å². The molecule has 0 saturated heterocycles. The summed E-state index contributed by atoms with van der Waals surface area (Å²) in [6.07, 6.45) is -3.83. The summed E-state index contributed by atoms with van der Waals surface area (Å²) in [5.41, 5.74) is 4.54. The summed E-state index contributed by atoms with van der Waals surface area (Å²) < 4.78 is 38.2. The maximum absolute atomic E-state index is 12.7. The molecule has 6 heteroatoms. The lowest BCUT2D eigenvalue weighted by atomic mass is 9.99. The number of benzene rings is 1. The predicted molar refractivity (Wildman–Crippen MR) is 67.5 cm³/mol. The minimum absolute atomic E-state index is 0.0990. The van der Waals surface area contributed by atoms with Gasteiger partial charge in [-0.25, -0.2) is 0 Å². The number of carbonyl (C=O) groups excluding carboxylic acids is 1. The van der Waals surface area contributed by atoms with Crippen LogP contribution >= 0.6 is 0 Å². The number of halogens is 3. The van der Waals surface area contributed by atoms with E-state index in [1.807, 2.05) is 6.92 Å². The van der Waals surface area contributed by atoms with E-state index in [9.17, 15) is 18.0 Å². The van der Waals surface area contributed by atoms with Crippen molar-refractivity contribution < 1.29 is 18.0 Å². The van der Waals surface area contributed by atoms with Crippen LogP contribution in [0.3, 0.4) is 0 Å². The number of nitrogens with two attached hydrogens (primary N) is 1. The van der Waals surface area contributed by atoms with Crippen LogP contribution in [-0.4, -0.2) is 11.9 Å². The molecule has 0 aromatic heterocycles. The molecule has 0 heterocycles. The largest absolute Gasteiger partial charge is 0.418 e. The van der Waals surface area contributed by atoms with Gasteiger partial charge in [-0.1, -0.05) is 32.4 Å². The van der Waals surface area contributed by atoms with E-state index in [1.54, 1.807) is 6.92 Å². The highest BCUT2D eigenvalue weighted by Gasteiger charge is 2.34. The van der Waals surface area contributed by atoms with Crippen LogP contribution in [0.5, 0.6) is 0 Å². The molecule has 2 atom stereocenters. The topological polar surface area (TPSA) is 55.1 Å². The number of rotatable bonds is 4. The Morgan fingerprint density at radius 3 is 2.47 bits per heavy atom. The Hall–Kier alpha value is -1.56. The first-order valence-electron chi connectivity index (χ1n) is 6.00. The number of anilines is 1. The maximum Gasteiger partial charge on any atom is 0.418 e. The molecule has 0 aliphatic rings. The quantitative estimate of drug-likeness (QED) is 0.886. The van der Waals surface area contributed by atoms with Gasteiger partial charge < -0.3 is 11.1 Å². The normalized spacial score (nSPS) is 14.8. The van der Waals surface area contributed by atoms with Crippen LogP contribution in [0.2, 0.25) is 0 Å². The number of carbonyl (C=O) groups is 1. The Kier molecular flexibility index (Phi) is 4.94. The van der Waals surface area contributed by atoms with Crippen LogP contribution in [0.1, 0.15) is 25.8 Å². The molecular weight excluding hydrogens is 257 g/mol. The van der Waals surface area contributed by atoms with E-state index in [-0.39, 0.29) is 11.6 Å². The first kappa shape index (κ1) is 15.5. The van der Waals surface area contributed by atoms with Crippen LogP contribution < -0.4 is 11.1 Å². The van der Waals surface area contributed by atoms with Gasteiger partial charge in [0.15, 0.2) is 0 Å². The molecule has 0 aliphatic heterocycles. The van der Waals surface area contributed by atoms with Crippen molar-refractivity contribution in [3.8, 4) is 0 Å². The molecule has 1 rings (SSSR count). The Bertz CT molecular complexity index is 446. The van der Waals surface area contributed by atoms with Crippen LogP contribution in [0.4, 0.5) is 18.9 Å². The van der Waals surface area contributed by atoms with Crippen molar-refractivity contribution in [1.29, 1.82) is 0 Å². The van der Waals surface area contributed by atoms with Crippen LogP contribution in [-0.2, 0) is 11.0 Å². The van der Waals surface area contributed by atoms with Gasteiger partial charge in [-0.3, -0.25) is 4.79 Å². The number of alkyl halides is 3. The van der Waals surface area contributed by atoms with E-state index >= 15 is 0 Å². The molecule has 0 radical (unpaired) electrons. The zero-order valence-corrected chi connectivity index (χ0v) is 10.8. The van der Waals surface area contributed by atoms with Crippen molar-refractivity contribution in [2.75, 3.05) is 5.32 Å². The minimum Gasteiger partial charge on any atom is -0.324 e. The summed E-state index contributed by atoms with van der Waals surface area (Å²) in [5.74, 6) is -0.705. The van der Waals surface area contributed by atoms with Gasteiger partial charge in [0.1, 0.15) is 0 Å². The smallest absolute Gasteiger partial charge is 0.324 e. The molecule has 1 amide bonds.